The molecule has 0 fully saturated rings. The van der Waals surface area contributed by atoms with Crippen molar-refractivity contribution >= 4 is 18.0 Å². The predicted octanol–water partition coefficient (Wildman–Crippen LogP) is 2.85. The molecule has 0 aliphatic heterocycles. The molecule has 0 saturated carbocycles. The van der Waals surface area contributed by atoms with Gasteiger partial charge in [-0.1, -0.05) is 55.5 Å². The highest BCUT2D eigenvalue weighted by Gasteiger charge is 2.36. The monoisotopic (exact) mass is 454 g/mol. The number of fused-ring (bicyclic) bond motifs is 3. The SMILES string of the molecule is CCC(C)(CNC(=O)OCC1c2ccccc2-c2ccccc21)C(=O)N(CCO)CC(=O)O. The van der Waals surface area contributed by atoms with Crippen molar-refractivity contribution in [3.63, 3.8) is 0 Å². The predicted molar refractivity (Wildman–Crippen MR) is 123 cm³/mol. The summed E-state index contributed by atoms with van der Waals surface area (Å²) in [5.41, 5.74) is 3.44. The Morgan fingerprint density at radius 2 is 1.64 bits per heavy atom. The number of nitrogens with zero attached hydrogens (tertiary/aromatic N) is 1. The summed E-state index contributed by atoms with van der Waals surface area (Å²) in [5.74, 6) is -1.68. The number of nitrogens with one attached hydrogen (secondary N) is 1. The van der Waals surface area contributed by atoms with Gasteiger partial charge >= 0.3 is 12.1 Å². The summed E-state index contributed by atoms with van der Waals surface area (Å²) >= 11 is 0. The lowest BCUT2D eigenvalue weighted by atomic mass is 9.85. The van der Waals surface area contributed by atoms with Gasteiger partial charge in [-0.15, -0.1) is 0 Å². The number of aliphatic carboxylic acids is 1. The van der Waals surface area contributed by atoms with E-state index in [1.54, 1.807) is 13.8 Å². The lowest BCUT2D eigenvalue weighted by Crippen LogP contribution is -2.50. The molecule has 3 N–H and O–H groups in total. The summed E-state index contributed by atoms with van der Waals surface area (Å²) < 4.78 is 5.52. The molecule has 2 aromatic rings. The Bertz CT molecular complexity index is 978. The first-order valence-electron chi connectivity index (χ1n) is 11.0. The Morgan fingerprint density at radius 1 is 1.06 bits per heavy atom. The number of rotatable bonds is 10. The number of benzene rings is 2. The van der Waals surface area contributed by atoms with Crippen molar-refractivity contribution in [2.45, 2.75) is 26.2 Å². The van der Waals surface area contributed by atoms with E-state index >= 15 is 0 Å². The van der Waals surface area contributed by atoms with Crippen LogP contribution in [0.4, 0.5) is 4.79 Å². The van der Waals surface area contributed by atoms with Gasteiger partial charge in [-0.05, 0) is 35.6 Å². The maximum Gasteiger partial charge on any atom is 0.407 e. The van der Waals surface area contributed by atoms with E-state index < -0.39 is 29.9 Å². The summed E-state index contributed by atoms with van der Waals surface area (Å²) in [4.78, 5) is 37.6. The first-order valence-corrected chi connectivity index (χ1v) is 11.0. The second-order valence-electron chi connectivity index (χ2n) is 8.44. The molecule has 0 aromatic heterocycles. The number of carbonyl (C=O) groups is 3. The van der Waals surface area contributed by atoms with Crippen LogP contribution in [0.5, 0.6) is 0 Å². The molecule has 2 amide bonds. The first-order chi connectivity index (χ1) is 15.8. The van der Waals surface area contributed by atoms with E-state index in [0.29, 0.717) is 6.42 Å². The number of carboxylic acid groups (broad SMARTS) is 1. The van der Waals surface area contributed by atoms with Crippen molar-refractivity contribution in [2.75, 3.05) is 32.8 Å². The molecule has 1 aliphatic carbocycles. The van der Waals surface area contributed by atoms with Gasteiger partial charge in [0.1, 0.15) is 13.2 Å². The van der Waals surface area contributed by atoms with E-state index in [9.17, 15) is 19.5 Å². The number of amides is 2. The molecule has 0 spiro atoms. The van der Waals surface area contributed by atoms with Crippen LogP contribution in [0, 0.1) is 5.41 Å². The lowest BCUT2D eigenvalue weighted by Gasteiger charge is -2.33. The topological polar surface area (TPSA) is 116 Å². The minimum absolute atomic E-state index is 0.0133. The third-order valence-corrected chi connectivity index (χ3v) is 6.25. The minimum Gasteiger partial charge on any atom is -0.480 e. The zero-order chi connectivity index (χ0) is 24.0. The fraction of sp³-hybridized carbons (Fsp3) is 0.400. The molecule has 1 atom stereocenters. The van der Waals surface area contributed by atoms with Gasteiger partial charge in [0.2, 0.25) is 5.91 Å². The van der Waals surface area contributed by atoms with Gasteiger partial charge in [-0.2, -0.15) is 0 Å². The highest BCUT2D eigenvalue weighted by molar-refractivity contribution is 5.86. The molecule has 0 bridgehead atoms. The van der Waals surface area contributed by atoms with E-state index in [4.69, 9.17) is 9.84 Å². The second kappa shape index (κ2) is 10.5. The molecule has 2 aromatic carbocycles. The smallest absolute Gasteiger partial charge is 0.407 e. The van der Waals surface area contributed by atoms with Crippen LogP contribution >= 0.6 is 0 Å². The van der Waals surface area contributed by atoms with Gasteiger partial charge in [-0.3, -0.25) is 9.59 Å². The molecule has 8 nitrogen and oxygen atoms in total. The van der Waals surface area contributed by atoms with Crippen molar-refractivity contribution in [3.05, 3.63) is 59.7 Å². The van der Waals surface area contributed by atoms with Crippen LogP contribution < -0.4 is 5.32 Å². The number of ether oxygens (including phenoxy) is 1. The molecule has 176 valence electrons. The zero-order valence-corrected chi connectivity index (χ0v) is 18.9. The van der Waals surface area contributed by atoms with Crippen LogP contribution in [0.1, 0.15) is 37.3 Å². The van der Waals surface area contributed by atoms with Crippen molar-refractivity contribution in [1.82, 2.24) is 10.2 Å². The molecule has 0 radical (unpaired) electrons. The van der Waals surface area contributed by atoms with Crippen molar-refractivity contribution < 1.29 is 29.3 Å². The first kappa shape index (κ1) is 24.3. The van der Waals surface area contributed by atoms with Crippen LogP contribution in [0.25, 0.3) is 11.1 Å². The number of alkyl carbamates (subject to hydrolysis) is 1. The summed E-state index contributed by atoms with van der Waals surface area (Å²) in [7, 11) is 0. The summed E-state index contributed by atoms with van der Waals surface area (Å²) in [6.07, 6.45) is -0.270. The number of hydrogen-bond acceptors (Lipinski definition) is 5. The maximum atomic E-state index is 12.9. The fourth-order valence-electron chi connectivity index (χ4n) is 4.19. The van der Waals surface area contributed by atoms with Crippen molar-refractivity contribution in [3.8, 4) is 11.1 Å². The number of hydrogen-bond donors (Lipinski definition) is 3. The quantitative estimate of drug-likeness (QED) is 0.508. The Balaban J connectivity index is 1.63. The lowest BCUT2D eigenvalue weighted by molar-refractivity contribution is -0.149. The summed E-state index contributed by atoms with van der Waals surface area (Å²) in [5, 5.41) is 20.9. The van der Waals surface area contributed by atoms with Gasteiger partial charge in [0.05, 0.1) is 12.0 Å². The molecular formula is C25H30N2O6. The van der Waals surface area contributed by atoms with Crippen LogP contribution in [-0.2, 0) is 14.3 Å². The fourth-order valence-corrected chi connectivity index (χ4v) is 4.19. The second-order valence-corrected chi connectivity index (χ2v) is 8.44. The van der Waals surface area contributed by atoms with E-state index in [0.717, 1.165) is 27.2 Å². The molecular weight excluding hydrogens is 424 g/mol. The van der Waals surface area contributed by atoms with Crippen molar-refractivity contribution in [2.24, 2.45) is 5.41 Å². The van der Waals surface area contributed by atoms with Crippen LogP contribution in [-0.4, -0.2) is 65.9 Å². The van der Waals surface area contributed by atoms with Gasteiger partial charge < -0.3 is 25.2 Å². The molecule has 33 heavy (non-hydrogen) atoms. The highest BCUT2D eigenvalue weighted by atomic mass is 16.5. The minimum atomic E-state index is -1.17. The molecule has 1 aliphatic rings. The largest absolute Gasteiger partial charge is 0.480 e. The number of aliphatic hydroxyl groups is 1. The molecule has 8 heteroatoms. The van der Waals surface area contributed by atoms with Crippen LogP contribution in [0.3, 0.4) is 0 Å². The summed E-state index contributed by atoms with van der Waals surface area (Å²) in [6, 6.07) is 16.1. The van der Waals surface area contributed by atoms with E-state index in [-0.39, 0.29) is 32.2 Å². The molecule has 3 rings (SSSR count). The molecule has 1 unspecified atom stereocenters. The molecule has 0 saturated heterocycles. The van der Waals surface area contributed by atoms with E-state index in [2.05, 4.69) is 17.4 Å². The number of carboxylic acids is 1. The number of carbonyl (C=O) groups excluding carboxylic acids is 2. The zero-order valence-electron chi connectivity index (χ0n) is 18.9. The average molecular weight is 455 g/mol. The Kier molecular flexibility index (Phi) is 7.71. The number of aliphatic hydroxyl groups excluding tert-OH is 1. The average Bonchev–Trinajstić information content (AvgIpc) is 3.14. The van der Waals surface area contributed by atoms with Crippen LogP contribution in [0.15, 0.2) is 48.5 Å². The van der Waals surface area contributed by atoms with E-state index in [1.165, 1.54) is 0 Å². The Morgan fingerprint density at radius 3 is 2.15 bits per heavy atom. The molecule has 0 heterocycles. The van der Waals surface area contributed by atoms with Gasteiger partial charge in [0, 0.05) is 19.0 Å². The maximum absolute atomic E-state index is 12.9. The van der Waals surface area contributed by atoms with Crippen molar-refractivity contribution in [1.29, 1.82) is 0 Å². The standard InChI is InChI=1S/C25H30N2O6/c1-3-25(2,23(31)27(12-13-28)14-22(29)30)16-26-24(32)33-15-21-19-10-6-4-8-17(19)18-9-5-7-11-20(18)21/h4-11,21,28H,3,12-16H2,1-2H3,(H,26,32)(H,29,30). The Hall–Kier alpha value is -3.39. The van der Waals surface area contributed by atoms with Crippen LogP contribution in [0.2, 0.25) is 0 Å². The third kappa shape index (κ3) is 5.34. The van der Waals surface area contributed by atoms with Gasteiger partial charge in [0.25, 0.3) is 0 Å². The third-order valence-electron chi connectivity index (χ3n) is 6.25. The highest BCUT2D eigenvalue weighted by Crippen LogP contribution is 2.44. The Labute approximate surface area is 193 Å². The van der Waals surface area contributed by atoms with Gasteiger partial charge in [-0.25, -0.2) is 4.79 Å². The van der Waals surface area contributed by atoms with E-state index in [1.807, 2.05) is 36.4 Å². The summed E-state index contributed by atoms with van der Waals surface area (Å²) in [6.45, 7) is 2.64. The van der Waals surface area contributed by atoms with Gasteiger partial charge in [0.15, 0.2) is 0 Å². The normalized spacial score (nSPS) is 14.0.